The smallest absolute Gasteiger partial charge is 0.404 e. The Morgan fingerprint density at radius 1 is 1.69 bits per heavy atom. The number of nitrogens with one attached hydrogen (secondary N) is 1. The Kier molecular flexibility index (Phi) is 3.09. The van der Waals surface area contributed by atoms with Gasteiger partial charge >= 0.3 is 6.09 Å². The van der Waals surface area contributed by atoms with Crippen LogP contribution in [0.15, 0.2) is 12.3 Å². The van der Waals surface area contributed by atoms with Crippen LogP contribution in [-0.4, -0.2) is 40.3 Å². The van der Waals surface area contributed by atoms with E-state index in [1.165, 1.54) is 0 Å². The van der Waals surface area contributed by atoms with Crippen molar-refractivity contribution in [3.63, 3.8) is 0 Å². The van der Waals surface area contributed by atoms with Crippen LogP contribution in [-0.2, 0) is 0 Å². The minimum atomic E-state index is -0.993. The van der Waals surface area contributed by atoms with Crippen LogP contribution < -0.4 is 10.2 Å². The summed E-state index contributed by atoms with van der Waals surface area (Å²) in [6.07, 6.45) is 1.36. The van der Waals surface area contributed by atoms with Crippen LogP contribution in [0.1, 0.15) is 6.42 Å². The number of aromatic nitrogens is 2. The number of hydrogen-bond acceptors (Lipinski definition) is 4. The first kappa shape index (κ1) is 10.9. The van der Waals surface area contributed by atoms with Crippen molar-refractivity contribution >= 4 is 23.5 Å². The van der Waals surface area contributed by atoms with Crippen LogP contribution in [0, 0.1) is 0 Å². The highest BCUT2D eigenvalue weighted by atomic mass is 35.5. The zero-order chi connectivity index (χ0) is 11.5. The molecule has 1 amide bonds. The third-order valence-electron chi connectivity index (χ3n) is 2.45. The van der Waals surface area contributed by atoms with E-state index in [9.17, 15) is 4.79 Å². The monoisotopic (exact) mass is 242 g/mol. The fraction of sp³-hybridized carbons (Fsp3) is 0.444. The van der Waals surface area contributed by atoms with Gasteiger partial charge < -0.3 is 15.3 Å². The van der Waals surface area contributed by atoms with Gasteiger partial charge in [-0.1, -0.05) is 0 Å². The van der Waals surface area contributed by atoms with Gasteiger partial charge in [0.2, 0.25) is 5.28 Å². The molecule has 0 saturated carbocycles. The van der Waals surface area contributed by atoms with Gasteiger partial charge in [0.05, 0.1) is 6.04 Å². The van der Waals surface area contributed by atoms with Gasteiger partial charge in [-0.25, -0.2) is 14.8 Å². The van der Waals surface area contributed by atoms with E-state index in [-0.39, 0.29) is 11.3 Å². The zero-order valence-corrected chi connectivity index (χ0v) is 9.18. The van der Waals surface area contributed by atoms with Crippen LogP contribution in [0.2, 0.25) is 5.28 Å². The summed E-state index contributed by atoms with van der Waals surface area (Å²) in [5, 5.41) is 11.3. The van der Waals surface area contributed by atoms with Gasteiger partial charge in [-0.2, -0.15) is 0 Å². The lowest BCUT2D eigenvalue weighted by Gasteiger charge is -2.16. The summed E-state index contributed by atoms with van der Waals surface area (Å²) in [5.41, 5.74) is 0. The van der Waals surface area contributed by atoms with Crippen molar-refractivity contribution in [1.82, 2.24) is 15.3 Å². The molecule has 1 atom stereocenters. The minimum absolute atomic E-state index is 0.0498. The molecule has 1 saturated heterocycles. The van der Waals surface area contributed by atoms with Gasteiger partial charge in [-0.05, 0) is 24.1 Å². The Morgan fingerprint density at radius 2 is 2.50 bits per heavy atom. The quantitative estimate of drug-likeness (QED) is 0.756. The first-order valence-electron chi connectivity index (χ1n) is 4.88. The first-order chi connectivity index (χ1) is 7.65. The van der Waals surface area contributed by atoms with E-state index in [1.807, 2.05) is 4.90 Å². The normalized spacial score (nSPS) is 19.8. The number of hydrogen-bond donors (Lipinski definition) is 2. The van der Waals surface area contributed by atoms with Crippen LogP contribution in [0.5, 0.6) is 0 Å². The van der Waals surface area contributed by atoms with Crippen LogP contribution in [0.25, 0.3) is 0 Å². The van der Waals surface area contributed by atoms with E-state index in [1.54, 1.807) is 12.3 Å². The second-order valence-electron chi connectivity index (χ2n) is 3.56. The summed E-state index contributed by atoms with van der Waals surface area (Å²) in [4.78, 5) is 20.3. The molecule has 2 N–H and O–H groups in total. The SMILES string of the molecule is O=C(O)NC1CCN(c2ccnc(Cl)n2)C1. The molecule has 0 bridgehead atoms. The molecule has 0 aliphatic carbocycles. The number of carboxylic acid groups (broad SMARTS) is 1. The van der Waals surface area contributed by atoms with E-state index in [0.717, 1.165) is 18.8 Å². The molecule has 7 heteroatoms. The maximum atomic E-state index is 10.5. The third kappa shape index (κ3) is 2.52. The molecule has 1 fully saturated rings. The molecule has 1 aliphatic heterocycles. The van der Waals surface area contributed by atoms with Crippen molar-refractivity contribution in [2.75, 3.05) is 18.0 Å². The van der Waals surface area contributed by atoms with E-state index in [0.29, 0.717) is 6.54 Å². The average Bonchev–Trinajstić information content (AvgIpc) is 2.65. The van der Waals surface area contributed by atoms with Gasteiger partial charge in [-0.3, -0.25) is 0 Å². The number of anilines is 1. The molecule has 6 nitrogen and oxygen atoms in total. The molecular formula is C9H11ClN4O2. The van der Waals surface area contributed by atoms with E-state index < -0.39 is 6.09 Å². The number of halogens is 1. The lowest BCUT2D eigenvalue weighted by molar-refractivity contribution is 0.191. The summed E-state index contributed by atoms with van der Waals surface area (Å²) in [7, 11) is 0. The molecule has 0 radical (unpaired) electrons. The molecule has 1 unspecified atom stereocenters. The molecule has 2 heterocycles. The van der Waals surface area contributed by atoms with E-state index >= 15 is 0 Å². The Bertz CT molecular complexity index is 401. The fourth-order valence-electron chi connectivity index (χ4n) is 1.76. The second kappa shape index (κ2) is 4.52. The van der Waals surface area contributed by atoms with Crippen molar-refractivity contribution in [1.29, 1.82) is 0 Å². The van der Waals surface area contributed by atoms with E-state index in [4.69, 9.17) is 16.7 Å². The van der Waals surface area contributed by atoms with Crippen LogP contribution in [0.4, 0.5) is 10.6 Å². The van der Waals surface area contributed by atoms with Gasteiger partial charge in [0.25, 0.3) is 0 Å². The predicted molar refractivity (Wildman–Crippen MR) is 58.8 cm³/mol. The largest absolute Gasteiger partial charge is 0.465 e. The molecule has 1 aromatic rings. The number of carbonyl (C=O) groups is 1. The third-order valence-corrected chi connectivity index (χ3v) is 2.63. The minimum Gasteiger partial charge on any atom is -0.465 e. The van der Waals surface area contributed by atoms with E-state index in [2.05, 4.69) is 15.3 Å². The van der Waals surface area contributed by atoms with Gasteiger partial charge in [0, 0.05) is 19.3 Å². The van der Waals surface area contributed by atoms with Gasteiger partial charge in [0.1, 0.15) is 5.82 Å². The highest BCUT2D eigenvalue weighted by Gasteiger charge is 2.24. The maximum Gasteiger partial charge on any atom is 0.404 e. The first-order valence-corrected chi connectivity index (χ1v) is 5.26. The Morgan fingerprint density at radius 3 is 3.19 bits per heavy atom. The molecule has 0 aromatic carbocycles. The lowest BCUT2D eigenvalue weighted by atomic mass is 10.3. The standard InChI is InChI=1S/C9H11ClN4O2/c10-8-11-3-1-7(13-8)14-4-2-6(5-14)12-9(15)16/h1,3,6,12H,2,4-5H2,(H,15,16). The maximum absolute atomic E-state index is 10.5. The van der Waals surface area contributed by atoms with Crippen LogP contribution in [0.3, 0.4) is 0 Å². The summed E-state index contributed by atoms with van der Waals surface area (Å²) in [6, 6.07) is 1.71. The molecule has 2 rings (SSSR count). The molecule has 16 heavy (non-hydrogen) atoms. The summed E-state index contributed by atoms with van der Waals surface area (Å²) in [6.45, 7) is 1.37. The average molecular weight is 243 g/mol. The topological polar surface area (TPSA) is 78.4 Å². The highest BCUT2D eigenvalue weighted by Crippen LogP contribution is 2.18. The van der Waals surface area contributed by atoms with Gasteiger partial charge in [-0.15, -0.1) is 0 Å². The Hall–Kier alpha value is -1.56. The molecule has 1 aromatic heterocycles. The van der Waals surface area contributed by atoms with Crippen molar-refractivity contribution < 1.29 is 9.90 Å². The summed E-state index contributed by atoms with van der Waals surface area (Å²) in [5.74, 6) is 0.731. The van der Waals surface area contributed by atoms with Gasteiger partial charge in [0.15, 0.2) is 0 Å². The molecular weight excluding hydrogens is 232 g/mol. The summed E-state index contributed by atoms with van der Waals surface area (Å²) < 4.78 is 0. The Balaban J connectivity index is 2.00. The molecule has 1 aliphatic rings. The highest BCUT2D eigenvalue weighted by molar-refractivity contribution is 6.28. The van der Waals surface area contributed by atoms with Crippen LogP contribution >= 0.6 is 11.6 Å². The molecule has 86 valence electrons. The number of rotatable bonds is 2. The predicted octanol–water partition coefficient (Wildman–Crippen LogP) is 0.976. The lowest BCUT2D eigenvalue weighted by Crippen LogP contribution is -2.36. The fourth-order valence-corrected chi connectivity index (χ4v) is 1.91. The van der Waals surface area contributed by atoms with Crippen molar-refractivity contribution in [3.05, 3.63) is 17.5 Å². The van der Waals surface area contributed by atoms with Crippen molar-refractivity contribution in [2.45, 2.75) is 12.5 Å². The summed E-state index contributed by atoms with van der Waals surface area (Å²) >= 11 is 5.69. The number of amides is 1. The second-order valence-corrected chi connectivity index (χ2v) is 3.90. The Labute approximate surface area is 97.3 Å². The number of nitrogens with zero attached hydrogens (tertiary/aromatic N) is 3. The molecule has 0 spiro atoms. The zero-order valence-electron chi connectivity index (χ0n) is 8.43. The van der Waals surface area contributed by atoms with Crippen molar-refractivity contribution in [3.8, 4) is 0 Å². The van der Waals surface area contributed by atoms with Crippen molar-refractivity contribution in [2.24, 2.45) is 0 Å².